The first-order chi connectivity index (χ1) is 14.3. The molecule has 1 aliphatic rings. The minimum atomic E-state index is 0.00394. The number of aromatic nitrogens is 6. The quantitative estimate of drug-likeness (QED) is 0.652. The van der Waals surface area contributed by atoms with E-state index in [1.54, 1.807) is 0 Å². The predicted molar refractivity (Wildman–Crippen MR) is 116 cm³/mol. The van der Waals surface area contributed by atoms with Crippen LogP contribution < -0.4 is 14.7 Å². The molecular weight excluding hydrogens is 378 g/mol. The van der Waals surface area contributed by atoms with Crippen LogP contribution in [0.5, 0.6) is 0 Å². The van der Waals surface area contributed by atoms with E-state index in [0.29, 0.717) is 37.9 Å². The normalized spacial score (nSPS) is 14.9. The van der Waals surface area contributed by atoms with Crippen molar-refractivity contribution in [1.82, 2.24) is 29.9 Å². The van der Waals surface area contributed by atoms with Gasteiger partial charge < -0.3 is 14.7 Å². The number of rotatable bonds is 3. The van der Waals surface area contributed by atoms with Crippen molar-refractivity contribution >= 4 is 17.8 Å². The summed E-state index contributed by atoms with van der Waals surface area (Å²) in [5, 5.41) is 0. The largest absolute Gasteiger partial charge is 0.305 e. The fourth-order valence-electron chi connectivity index (χ4n) is 3.10. The lowest BCUT2D eigenvalue weighted by Gasteiger charge is -2.42. The summed E-state index contributed by atoms with van der Waals surface area (Å²) in [7, 11) is 0. The van der Waals surface area contributed by atoms with E-state index in [4.69, 9.17) is 0 Å². The molecular formula is C21H27N9. The van der Waals surface area contributed by atoms with E-state index >= 15 is 0 Å². The molecule has 156 valence electrons. The van der Waals surface area contributed by atoms with Gasteiger partial charge in [-0.1, -0.05) is 20.8 Å². The Balaban J connectivity index is 1.65. The van der Waals surface area contributed by atoms with Gasteiger partial charge in [0.25, 0.3) is 0 Å². The molecule has 9 heteroatoms. The van der Waals surface area contributed by atoms with E-state index in [9.17, 15) is 0 Å². The van der Waals surface area contributed by atoms with Crippen LogP contribution in [0, 0.1) is 13.8 Å². The van der Waals surface area contributed by atoms with Gasteiger partial charge in [0.2, 0.25) is 17.8 Å². The molecule has 0 radical (unpaired) electrons. The van der Waals surface area contributed by atoms with E-state index in [0.717, 1.165) is 16.7 Å². The van der Waals surface area contributed by atoms with Crippen molar-refractivity contribution in [1.29, 1.82) is 0 Å². The monoisotopic (exact) mass is 405 g/mol. The summed E-state index contributed by atoms with van der Waals surface area (Å²) < 4.78 is 0. The Morgan fingerprint density at radius 2 is 0.867 bits per heavy atom. The van der Waals surface area contributed by atoms with Crippen molar-refractivity contribution in [2.24, 2.45) is 0 Å². The van der Waals surface area contributed by atoms with Crippen LogP contribution in [0.3, 0.4) is 0 Å². The van der Waals surface area contributed by atoms with Gasteiger partial charge >= 0.3 is 0 Å². The van der Waals surface area contributed by atoms with Crippen LogP contribution in [-0.2, 0) is 5.41 Å². The SMILES string of the molecule is Cc1cnc(N2CN(c3ncc(C)cn3)CN(c3ncc(C(C)(C)C)cn3)C2)nc1. The van der Waals surface area contributed by atoms with Crippen molar-refractivity contribution in [2.45, 2.75) is 40.0 Å². The Kier molecular flexibility index (Phi) is 5.19. The van der Waals surface area contributed by atoms with Crippen molar-refractivity contribution in [2.75, 3.05) is 34.7 Å². The standard InChI is InChI=1S/C21H27N9/c1-15-6-22-18(23-7-15)28-12-29(19-24-8-16(2)9-25-19)14-30(13-28)20-26-10-17(11-27-20)21(3,4)5/h6-11H,12-14H2,1-5H3. The topological polar surface area (TPSA) is 87.1 Å². The lowest BCUT2D eigenvalue weighted by atomic mass is 9.89. The summed E-state index contributed by atoms with van der Waals surface area (Å²) in [6, 6.07) is 0. The molecule has 0 spiro atoms. The molecule has 9 nitrogen and oxygen atoms in total. The van der Waals surface area contributed by atoms with Crippen LogP contribution in [0.4, 0.5) is 17.8 Å². The number of aryl methyl sites for hydroxylation is 2. The van der Waals surface area contributed by atoms with Gasteiger partial charge in [0.15, 0.2) is 0 Å². The van der Waals surface area contributed by atoms with Gasteiger partial charge in [0.1, 0.15) is 0 Å². The zero-order valence-electron chi connectivity index (χ0n) is 18.1. The van der Waals surface area contributed by atoms with E-state index < -0.39 is 0 Å². The third-order valence-corrected chi connectivity index (χ3v) is 4.91. The fourth-order valence-corrected chi connectivity index (χ4v) is 3.10. The van der Waals surface area contributed by atoms with Crippen molar-refractivity contribution < 1.29 is 0 Å². The zero-order chi connectivity index (χ0) is 21.3. The number of anilines is 3. The predicted octanol–water partition coefficient (Wildman–Crippen LogP) is 2.68. The molecule has 0 unspecified atom stereocenters. The van der Waals surface area contributed by atoms with Gasteiger partial charge in [-0.15, -0.1) is 0 Å². The van der Waals surface area contributed by atoms with Gasteiger partial charge in [-0.3, -0.25) is 0 Å². The number of hydrogen-bond acceptors (Lipinski definition) is 9. The number of hydrogen-bond donors (Lipinski definition) is 0. The molecule has 4 rings (SSSR count). The summed E-state index contributed by atoms with van der Waals surface area (Å²) >= 11 is 0. The van der Waals surface area contributed by atoms with Gasteiger partial charge in [0.05, 0.1) is 20.0 Å². The van der Waals surface area contributed by atoms with E-state index in [1.165, 1.54) is 0 Å². The molecule has 0 bridgehead atoms. The summed E-state index contributed by atoms with van der Waals surface area (Å²) in [6.45, 7) is 12.1. The Morgan fingerprint density at radius 3 is 1.17 bits per heavy atom. The highest BCUT2D eigenvalue weighted by atomic mass is 15.5. The van der Waals surface area contributed by atoms with E-state index in [-0.39, 0.29) is 5.41 Å². The summed E-state index contributed by atoms with van der Waals surface area (Å²) in [4.78, 5) is 33.5. The minimum absolute atomic E-state index is 0.00394. The second-order valence-corrected chi connectivity index (χ2v) is 8.69. The third-order valence-electron chi connectivity index (χ3n) is 4.91. The van der Waals surface area contributed by atoms with Crippen LogP contribution in [0.2, 0.25) is 0 Å². The smallest absolute Gasteiger partial charge is 0.228 e. The van der Waals surface area contributed by atoms with Gasteiger partial charge in [-0.2, -0.15) is 0 Å². The summed E-state index contributed by atoms with van der Waals surface area (Å²) in [5.41, 5.74) is 3.14. The maximum absolute atomic E-state index is 4.63. The van der Waals surface area contributed by atoms with E-state index in [2.05, 4.69) is 65.4 Å². The highest BCUT2D eigenvalue weighted by molar-refractivity contribution is 5.46. The van der Waals surface area contributed by atoms with Crippen LogP contribution in [0.15, 0.2) is 37.2 Å². The molecule has 0 atom stereocenters. The van der Waals surface area contributed by atoms with Crippen LogP contribution in [-0.4, -0.2) is 49.9 Å². The Hall–Kier alpha value is -3.36. The van der Waals surface area contributed by atoms with Gasteiger partial charge in [-0.25, -0.2) is 29.9 Å². The fraction of sp³-hybridized carbons (Fsp3) is 0.429. The van der Waals surface area contributed by atoms with Crippen molar-refractivity contribution in [3.05, 3.63) is 53.9 Å². The molecule has 0 N–H and O–H groups in total. The second-order valence-electron chi connectivity index (χ2n) is 8.69. The zero-order valence-corrected chi connectivity index (χ0v) is 18.1. The third kappa shape index (κ3) is 4.29. The summed E-state index contributed by atoms with van der Waals surface area (Å²) in [5.74, 6) is 1.94. The molecule has 30 heavy (non-hydrogen) atoms. The Morgan fingerprint density at radius 1 is 0.567 bits per heavy atom. The maximum atomic E-state index is 4.63. The molecule has 1 aliphatic heterocycles. The summed E-state index contributed by atoms with van der Waals surface area (Å²) in [6.07, 6.45) is 11.1. The maximum Gasteiger partial charge on any atom is 0.228 e. The average molecular weight is 406 g/mol. The lowest BCUT2D eigenvalue weighted by Crippen LogP contribution is -2.57. The van der Waals surface area contributed by atoms with E-state index in [1.807, 2.05) is 51.0 Å². The minimum Gasteiger partial charge on any atom is -0.305 e. The van der Waals surface area contributed by atoms with Crippen molar-refractivity contribution in [3.8, 4) is 0 Å². The average Bonchev–Trinajstić information content (AvgIpc) is 2.74. The van der Waals surface area contributed by atoms with Crippen LogP contribution >= 0.6 is 0 Å². The first kappa shape index (κ1) is 19.9. The second kappa shape index (κ2) is 7.81. The molecule has 0 saturated carbocycles. The molecule has 0 aromatic carbocycles. The van der Waals surface area contributed by atoms with Gasteiger partial charge in [-0.05, 0) is 36.0 Å². The van der Waals surface area contributed by atoms with Crippen LogP contribution in [0.25, 0.3) is 0 Å². The first-order valence-corrected chi connectivity index (χ1v) is 9.94. The molecule has 3 aromatic rings. The molecule has 4 heterocycles. The molecule has 1 fully saturated rings. The highest BCUT2D eigenvalue weighted by Crippen LogP contribution is 2.24. The Bertz CT molecular complexity index is 925. The van der Waals surface area contributed by atoms with Crippen LogP contribution in [0.1, 0.15) is 37.5 Å². The molecule has 0 amide bonds. The molecule has 1 saturated heterocycles. The Labute approximate surface area is 176 Å². The molecule has 0 aliphatic carbocycles. The van der Waals surface area contributed by atoms with Crippen molar-refractivity contribution in [3.63, 3.8) is 0 Å². The molecule has 3 aromatic heterocycles. The van der Waals surface area contributed by atoms with Gasteiger partial charge in [0, 0.05) is 37.2 Å². The lowest BCUT2D eigenvalue weighted by molar-refractivity contribution is 0.569. The first-order valence-electron chi connectivity index (χ1n) is 9.94. The number of nitrogens with zero attached hydrogens (tertiary/aromatic N) is 9. The highest BCUT2D eigenvalue weighted by Gasteiger charge is 2.28.